The summed E-state index contributed by atoms with van der Waals surface area (Å²) in [5.74, 6) is 0.507. The van der Waals surface area contributed by atoms with Gasteiger partial charge in [0.25, 0.3) is 0 Å². The highest BCUT2D eigenvalue weighted by Crippen LogP contribution is 2.41. The molecule has 0 amide bonds. The molecule has 0 bridgehead atoms. The minimum Gasteiger partial charge on any atom is -0.506 e. The lowest BCUT2D eigenvalue weighted by Crippen LogP contribution is -2.12. The monoisotopic (exact) mass is 429 g/mol. The summed E-state index contributed by atoms with van der Waals surface area (Å²) in [6.07, 6.45) is 1.76. The highest BCUT2D eigenvalue weighted by atomic mass is 35.5. The molecule has 0 saturated heterocycles. The van der Waals surface area contributed by atoms with Gasteiger partial charge >= 0.3 is 5.97 Å². The van der Waals surface area contributed by atoms with Crippen molar-refractivity contribution in [3.8, 4) is 11.5 Å². The number of ether oxygens (including phenoxy) is 3. The number of aliphatic hydroxyl groups is 1. The molecule has 2 aliphatic rings. The van der Waals surface area contributed by atoms with Crippen LogP contribution in [0, 0.1) is 0 Å². The fourth-order valence-corrected chi connectivity index (χ4v) is 3.94. The summed E-state index contributed by atoms with van der Waals surface area (Å²) in [4.78, 5) is 17.4. The molecular formula is C21H16ClNO5S. The molecule has 29 heavy (non-hydrogen) atoms. The van der Waals surface area contributed by atoms with Crippen LogP contribution in [-0.4, -0.2) is 29.5 Å². The maximum atomic E-state index is 12.4. The first-order valence-corrected chi connectivity index (χ1v) is 9.99. The van der Waals surface area contributed by atoms with Crippen molar-refractivity contribution in [1.29, 1.82) is 0 Å². The van der Waals surface area contributed by atoms with E-state index in [0.717, 1.165) is 5.56 Å². The fraction of sp³-hybridized carbons (Fsp3) is 0.143. The number of nitrogens with zero attached hydrogens (tertiary/aromatic N) is 1. The van der Waals surface area contributed by atoms with Gasteiger partial charge in [-0.05, 0) is 55.0 Å². The van der Waals surface area contributed by atoms with E-state index in [1.165, 1.54) is 11.8 Å². The molecule has 2 aromatic carbocycles. The number of fused-ring (bicyclic) bond motifs is 1. The Hall–Kier alpha value is -2.90. The summed E-state index contributed by atoms with van der Waals surface area (Å²) in [6, 6.07) is 12.3. The van der Waals surface area contributed by atoms with Gasteiger partial charge in [0, 0.05) is 5.02 Å². The smallest absolute Gasteiger partial charge is 0.344 e. The number of benzene rings is 2. The lowest BCUT2D eigenvalue weighted by atomic mass is 10.1. The molecule has 2 aromatic rings. The average Bonchev–Trinajstić information content (AvgIpc) is 3.28. The highest BCUT2D eigenvalue weighted by molar-refractivity contribution is 8.18. The molecule has 8 heteroatoms. The molecule has 6 nitrogen and oxygen atoms in total. The second-order valence-corrected chi connectivity index (χ2v) is 7.53. The van der Waals surface area contributed by atoms with Crippen molar-refractivity contribution in [2.45, 2.75) is 6.92 Å². The number of hydrogen-bond acceptors (Lipinski definition) is 7. The van der Waals surface area contributed by atoms with Gasteiger partial charge in [-0.15, -0.1) is 0 Å². The van der Waals surface area contributed by atoms with E-state index in [2.05, 4.69) is 4.99 Å². The molecule has 148 valence electrons. The third-order valence-corrected chi connectivity index (χ3v) is 5.39. The van der Waals surface area contributed by atoms with Crippen molar-refractivity contribution in [2.24, 2.45) is 4.99 Å². The van der Waals surface area contributed by atoms with Gasteiger partial charge in [0.2, 0.25) is 6.79 Å². The van der Waals surface area contributed by atoms with E-state index in [4.69, 9.17) is 25.8 Å². The van der Waals surface area contributed by atoms with Crippen LogP contribution in [-0.2, 0) is 9.53 Å². The molecule has 0 radical (unpaired) electrons. The maximum Gasteiger partial charge on any atom is 0.344 e. The lowest BCUT2D eigenvalue weighted by molar-refractivity contribution is -0.138. The summed E-state index contributed by atoms with van der Waals surface area (Å²) in [7, 11) is 0. The van der Waals surface area contributed by atoms with E-state index in [1.54, 1.807) is 43.3 Å². The third-order valence-electron chi connectivity index (χ3n) is 4.12. The van der Waals surface area contributed by atoms with Crippen LogP contribution in [0.15, 0.2) is 63.7 Å². The number of carbonyl (C=O) groups is 1. The van der Waals surface area contributed by atoms with Gasteiger partial charge in [0.1, 0.15) is 16.4 Å². The summed E-state index contributed by atoms with van der Waals surface area (Å²) < 4.78 is 15.8. The van der Waals surface area contributed by atoms with Crippen LogP contribution in [0.4, 0.5) is 5.69 Å². The minimum atomic E-state index is -0.626. The van der Waals surface area contributed by atoms with Crippen LogP contribution in [0.25, 0.3) is 6.08 Å². The second kappa shape index (κ2) is 8.23. The molecule has 0 aromatic heterocycles. The quantitative estimate of drug-likeness (QED) is 0.668. The number of hydrogen-bond donors (Lipinski definition) is 1. The van der Waals surface area contributed by atoms with Crippen molar-refractivity contribution < 1.29 is 24.1 Å². The van der Waals surface area contributed by atoms with Crippen molar-refractivity contribution in [3.05, 3.63) is 69.3 Å². The fourth-order valence-electron chi connectivity index (χ4n) is 2.78. The van der Waals surface area contributed by atoms with Crippen molar-refractivity contribution >= 4 is 46.1 Å². The molecule has 4 rings (SSSR count). The third kappa shape index (κ3) is 4.11. The van der Waals surface area contributed by atoms with E-state index >= 15 is 0 Å². The van der Waals surface area contributed by atoms with E-state index < -0.39 is 5.97 Å². The van der Waals surface area contributed by atoms with Crippen molar-refractivity contribution in [1.82, 2.24) is 0 Å². The Bertz CT molecular complexity index is 1060. The zero-order chi connectivity index (χ0) is 20.4. The molecule has 0 aliphatic carbocycles. The first-order valence-electron chi connectivity index (χ1n) is 8.79. The Morgan fingerprint density at radius 3 is 2.76 bits per heavy atom. The molecule has 2 heterocycles. The molecule has 0 unspecified atom stereocenters. The number of esters is 1. The Morgan fingerprint density at radius 1 is 1.24 bits per heavy atom. The van der Waals surface area contributed by atoms with Gasteiger partial charge in [-0.3, -0.25) is 0 Å². The maximum absolute atomic E-state index is 12.4. The average molecular weight is 430 g/mol. The van der Waals surface area contributed by atoms with E-state index in [1.807, 2.05) is 12.1 Å². The van der Waals surface area contributed by atoms with Crippen LogP contribution in [0.1, 0.15) is 12.5 Å². The molecule has 2 aliphatic heterocycles. The first-order chi connectivity index (χ1) is 14.0. The van der Waals surface area contributed by atoms with Gasteiger partial charge in [0.15, 0.2) is 11.5 Å². The number of thioether (sulfide) groups is 1. The van der Waals surface area contributed by atoms with Gasteiger partial charge in [0.05, 0.1) is 17.2 Å². The molecule has 0 atom stereocenters. The summed E-state index contributed by atoms with van der Waals surface area (Å²) in [5, 5.41) is 11.7. The molecule has 1 N–H and O–H groups in total. The number of aliphatic imine (C=N–C) groups is 1. The van der Waals surface area contributed by atoms with Gasteiger partial charge < -0.3 is 19.3 Å². The van der Waals surface area contributed by atoms with Crippen molar-refractivity contribution in [2.75, 3.05) is 13.4 Å². The Balaban J connectivity index is 1.72. The Kier molecular flexibility index (Phi) is 5.51. The largest absolute Gasteiger partial charge is 0.506 e. The highest BCUT2D eigenvalue weighted by Gasteiger charge is 2.33. The lowest BCUT2D eigenvalue weighted by Gasteiger charge is -2.03. The zero-order valence-corrected chi connectivity index (χ0v) is 16.9. The number of rotatable bonds is 4. The Labute approximate surface area is 176 Å². The van der Waals surface area contributed by atoms with Crippen LogP contribution in [0.3, 0.4) is 0 Å². The molecule has 0 spiro atoms. The predicted molar refractivity (Wildman–Crippen MR) is 113 cm³/mol. The van der Waals surface area contributed by atoms with E-state index in [-0.39, 0.29) is 24.7 Å². The zero-order valence-electron chi connectivity index (χ0n) is 15.3. The normalized spacial score (nSPS) is 18.0. The van der Waals surface area contributed by atoms with Crippen LogP contribution in [0.2, 0.25) is 5.02 Å². The number of carbonyl (C=O) groups excluding carboxylic acids is 1. The standard InChI is InChI=1S/C21H16ClNO5S/c1-2-26-21(25)18-19(24)17(10-12-3-8-15-16(9-12)28-11-27-15)29-20(18)23-14-6-4-13(22)5-7-14/h3-10,24H,2,11H2,1H3. The van der Waals surface area contributed by atoms with Crippen LogP contribution in [0.5, 0.6) is 11.5 Å². The molecule has 0 fully saturated rings. The van der Waals surface area contributed by atoms with Gasteiger partial charge in [-0.25, -0.2) is 9.79 Å². The van der Waals surface area contributed by atoms with E-state index in [9.17, 15) is 9.90 Å². The summed E-state index contributed by atoms with van der Waals surface area (Å²) >= 11 is 7.11. The summed E-state index contributed by atoms with van der Waals surface area (Å²) in [5.41, 5.74) is 1.44. The predicted octanol–water partition coefficient (Wildman–Crippen LogP) is 5.26. The minimum absolute atomic E-state index is 0.0405. The van der Waals surface area contributed by atoms with Gasteiger partial charge in [-0.2, -0.15) is 0 Å². The first kappa shape index (κ1) is 19.4. The van der Waals surface area contributed by atoms with E-state index in [0.29, 0.717) is 32.2 Å². The number of aliphatic hydroxyl groups excluding tert-OH is 1. The number of halogens is 1. The van der Waals surface area contributed by atoms with Gasteiger partial charge in [-0.1, -0.05) is 29.4 Å². The van der Waals surface area contributed by atoms with Crippen LogP contribution >= 0.6 is 23.4 Å². The molecule has 0 saturated carbocycles. The summed E-state index contributed by atoms with van der Waals surface area (Å²) in [6.45, 7) is 2.08. The SMILES string of the molecule is CCOC(=O)C1=C(O)C(=Cc2ccc3c(c2)OCO3)SC1=Nc1ccc(Cl)cc1. The van der Waals surface area contributed by atoms with Crippen molar-refractivity contribution in [3.63, 3.8) is 0 Å². The molecular weight excluding hydrogens is 414 g/mol. The second-order valence-electron chi connectivity index (χ2n) is 6.06. The topological polar surface area (TPSA) is 77.4 Å². The Morgan fingerprint density at radius 2 is 2.00 bits per heavy atom. The van der Waals surface area contributed by atoms with Crippen LogP contribution < -0.4 is 9.47 Å².